The Morgan fingerprint density at radius 2 is 2.05 bits per heavy atom. The third-order valence-corrected chi connectivity index (χ3v) is 4.19. The molecule has 0 fully saturated rings. The third-order valence-electron chi connectivity index (χ3n) is 3.21. The lowest BCUT2D eigenvalue weighted by atomic mass is 10.1. The first kappa shape index (κ1) is 13.1. The number of rotatable bonds is 5. The van der Waals surface area contributed by atoms with Crippen molar-refractivity contribution >= 4 is 26.7 Å². The van der Waals surface area contributed by atoms with E-state index in [2.05, 4.69) is 41.5 Å². The lowest BCUT2D eigenvalue weighted by Crippen LogP contribution is -1.96. The predicted octanol–water partition coefficient (Wildman–Crippen LogP) is 3.91. The molecule has 102 valence electrons. The molecule has 3 nitrogen and oxygen atoms in total. The first-order chi connectivity index (χ1) is 9.86. The van der Waals surface area contributed by atoms with Crippen LogP contribution in [0.25, 0.3) is 10.2 Å². The van der Waals surface area contributed by atoms with Crippen LogP contribution in [-0.4, -0.2) is 16.5 Å². The summed E-state index contributed by atoms with van der Waals surface area (Å²) in [6.07, 6.45) is 3.78. The average Bonchev–Trinajstić information content (AvgIpc) is 2.89. The molecule has 0 radical (unpaired) electrons. The van der Waals surface area contributed by atoms with Crippen molar-refractivity contribution in [3.05, 3.63) is 53.9 Å². The van der Waals surface area contributed by atoms with E-state index in [1.807, 2.05) is 18.3 Å². The van der Waals surface area contributed by atoms with Crippen LogP contribution in [0, 0.1) is 0 Å². The Kier molecular flexibility index (Phi) is 3.92. The highest BCUT2D eigenvalue weighted by Gasteiger charge is 2.07. The maximum atomic E-state index is 4.70. The van der Waals surface area contributed by atoms with E-state index in [-0.39, 0.29) is 0 Å². The van der Waals surface area contributed by atoms with Crippen molar-refractivity contribution in [3.63, 3.8) is 0 Å². The molecule has 0 atom stereocenters. The van der Waals surface area contributed by atoms with Gasteiger partial charge in [0.1, 0.15) is 0 Å². The number of fused-ring (bicyclic) bond motifs is 1. The van der Waals surface area contributed by atoms with E-state index >= 15 is 0 Å². The van der Waals surface area contributed by atoms with E-state index in [1.165, 1.54) is 10.3 Å². The third kappa shape index (κ3) is 2.80. The van der Waals surface area contributed by atoms with Crippen LogP contribution in [-0.2, 0) is 12.8 Å². The number of para-hydroxylation sites is 1. The van der Waals surface area contributed by atoms with Gasteiger partial charge in [0, 0.05) is 18.4 Å². The van der Waals surface area contributed by atoms with Gasteiger partial charge in [-0.25, -0.2) is 4.98 Å². The van der Waals surface area contributed by atoms with Gasteiger partial charge in [-0.1, -0.05) is 29.5 Å². The Hall–Kier alpha value is -1.94. The SMILES string of the molecule is CCNc1nc2c(CCc3ccccn3)cccc2s1. The van der Waals surface area contributed by atoms with Gasteiger partial charge in [0.05, 0.1) is 10.2 Å². The van der Waals surface area contributed by atoms with Crippen molar-refractivity contribution in [2.24, 2.45) is 0 Å². The van der Waals surface area contributed by atoms with Gasteiger partial charge in [-0.2, -0.15) is 0 Å². The molecule has 0 amide bonds. The minimum Gasteiger partial charge on any atom is -0.362 e. The van der Waals surface area contributed by atoms with E-state index in [0.29, 0.717) is 0 Å². The fraction of sp³-hybridized carbons (Fsp3) is 0.250. The summed E-state index contributed by atoms with van der Waals surface area (Å²) in [6.45, 7) is 3.00. The van der Waals surface area contributed by atoms with Crippen LogP contribution in [0.1, 0.15) is 18.2 Å². The minimum absolute atomic E-state index is 0.906. The number of pyridine rings is 1. The number of anilines is 1. The Morgan fingerprint density at radius 1 is 1.10 bits per heavy atom. The summed E-state index contributed by atoms with van der Waals surface area (Å²) in [5.74, 6) is 0. The summed E-state index contributed by atoms with van der Waals surface area (Å²) in [6, 6.07) is 12.5. The number of aryl methyl sites for hydroxylation is 2. The molecule has 1 aromatic carbocycles. The summed E-state index contributed by atoms with van der Waals surface area (Å²) in [7, 11) is 0. The second-order valence-electron chi connectivity index (χ2n) is 4.63. The molecule has 0 saturated heterocycles. The van der Waals surface area contributed by atoms with Crippen molar-refractivity contribution in [2.75, 3.05) is 11.9 Å². The van der Waals surface area contributed by atoms with Crippen molar-refractivity contribution < 1.29 is 0 Å². The van der Waals surface area contributed by atoms with E-state index in [0.717, 1.165) is 35.7 Å². The fourth-order valence-electron chi connectivity index (χ4n) is 2.24. The highest BCUT2D eigenvalue weighted by molar-refractivity contribution is 7.22. The lowest BCUT2D eigenvalue weighted by molar-refractivity contribution is 0.918. The average molecular weight is 283 g/mol. The van der Waals surface area contributed by atoms with Crippen molar-refractivity contribution in [1.82, 2.24) is 9.97 Å². The van der Waals surface area contributed by atoms with E-state index < -0.39 is 0 Å². The number of hydrogen-bond acceptors (Lipinski definition) is 4. The highest BCUT2D eigenvalue weighted by Crippen LogP contribution is 2.28. The molecule has 1 N–H and O–H groups in total. The molecule has 2 aromatic heterocycles. The Balaban J connectivity index is 1.83. The number of benzene rings is 1. The van der Waals surface area contributed by atoms with Gasteiger partial charge in [-0.15, -0.1) is 0 Å². The maximum absolute atomic E-state index is 4.70. The summed E-state index contributed by atoms with van der Waals surface area (Å²) >= 11 is 1.72. The van der Waals surface area contributed by atoms with Gasteiger partial charge >= 0.3 is 0 Å². The van der Waals surface area contributed by atoms with Crippen LogP contribution in [0.15, 0.2) is 42.6 Å². The van der Waals surface area contributed by atoms with Crippen molar-refractivity contribution in [3.8, 4) is 0 Å². The standard InChI is InChI=1S/C16H17N3S/c1-2-17-16-19-15-12(6-5-8-14(15)20-16)9-10-13-7-3-4-11-18-13/h3-8,11H,2,9-10H2,1H3,(H,17,19). The summed E-state index contributed by atoms with van der Waals surface area (Å²) in [5, 5.41) is 4.30. The van der Waals surface area contributed by atoms with Crippen LogP contribution >= 0.6 is 11.3 Å². The van der Waals surface area contributed by atoms with Crippen molar-refractivity contribution in [1.29, 1.82) is 0 Å². The molecular weight excluding hydrogens is 266 g/mol. The van der Waals surface area contributed by atoms with Gasteiger partial charge in [0.15, 0.2) is 5.13 Å². The van der Waals surface area contributed by atoms with E-state index in [4.69, 9.17) is 4.98 Å². The zero-order chi connectivity index (χ0) is 13.8. The van der Waals surface area contributed by atoms with Gasteiger partial charge in [-0.05, 0) is 43.5 Å². The number of thiazole rings is 1. The number of hydrogen-bond donors (Lipinski definition) is 1. The molecule has 20 heavy (non-hydrogen) atoms. The van der Waals surface area contributed by atoms with Gasteiger partial charge < -0.3 is 5.32 Å². The smallest absolute Gasteiger partial charge is 0.183 e. The molecule has 4 heteroatoms. The molecule has 0 spiro atoms. The monoisotopic (exact) mass is 283 g/mol. The molecule has 3 rings (SSSR count). The van der Waals surface area contributed by atoms with E-state index in [1.54, 1.807) is 11.3 Å². The van der Waals surface area contributed by atoms with Crippen LogP contribution in [0.4, 0.5) is 5.13 Å². The van der Waals surface area contributed by atoms with Crippen LogP contribution in [0.2, 0.25) is 0 Å². The molecular formula is C16H17N3S. The Morgan fingerprint density at radius 3 is 2.85 bits per heavy atom. The quantitative estimate of drug-likeness (QED) is 0.771. The van der Waals surface area contributed by atoms with Gasteiger partial charge in [-0.3, -0.25) is 4.98 Å². The van der Waals surface area contributed by atoms with Gasteiger partial charge in [0.25, 0.3) is 0 Å². The molecule has 0 bridgehead atoms. The molecule has 0 aliphatic rings. The summed E-state index contributed by atoms with van der Waals surface area (Å²) in [4.78, 5) is 9.08. The minimum atomic E-state index is 0.906. The zero-order valence-corrected chi connectivity index (χ0v) is 12.3. The largest absolute Gasteiger partial charge is 0.362 e. The molecule has 0 saturated carbocycles. The molecule has 3 aromatic rings. The highest BCUT2D eigenvalue weighted by atomic mass is 32.1. The van der Waals surface area contributed by atoms with Crippen LogP contribution in [0.3, 0.4) is 0 Å². The number of nitrogens with one attached hydrogen (secondary N) is 1. The summed E-state index contributed by atoms with van der Waals surface area (Å²) < 4.78 is 1.25. The number of nitrogens with zero attached hydrogens (tertiary/aromatic N) is 2. The Bertz CT molecular complexity index is 691. The molecule has 0 aliphatic carbocycles. The number of aromatic nitrogens is 2. The summed E-state index contributed by atoms with van der Waals surface area (Å²) in [5.41, 5.74) is 3.56. The lowest BCUT2D eigenvalue weighted by Gasteiger charge is -2.02. The second kappa shape index (κ2) is 6.01. The normalized spacial score (nSPS) is 10.8. The Labute approximate surface area is 122 Å². The fourth-order valence-corrected chi connectivity index (χ4v) is 3.22. The van der Waals surface area contributed by atoms with E-state index in [9.17, 15) is 0 Å². The molecule has 0 aliphatic heterocycles. The van der Waals surface area contributed by atoms with Gasteiger partial charge in [0.2, 0.25) is 0 Å². The first-order valence-corrected chi connectivity index (χ1v) is 7.70. The predicted molar refractivity (Wildman–Crippen MR) is 85.4 cm³/mol. The van der Waals surface area contributed by atoms with Crippen molar-refractivity contribution in [2.45, 2.75) is 19.8 Å². The molecule has 0 unspecified atom stereocenters. The second-order valence-corrected chi connectivity index (χ2v) is 5.66. The molecule has 2 heterocycles. The topological polar surface area (TPSA) is 37.8 Å². The first-order valence-electron chi connectivity index (χ1n) is 6.89. The van der Waals surface area contributed by atoms with Crippen LogP contribution in [0.5, 0.6) is 0 Å². The maximum Gasteiger partial charge on any atom is 0.183 e. The van der Waals surface area contributed by atoms with Crippen LogP contribution < -0.4 is 5.32 Å². The zero-order valence-electron chi connectivity index (χ0n) is 11.5.